The van der Waals surface area contributed by atoms with Gasteiger partial charge >= 0.3 is 0 Å². The minimum Gasteiger partial charge on any atom is -0.355 e. The van der Waals surface area contributed by atoms with Gasteiger partial charge in [-0.2, -0.15) is 5.10 Å². The van der Waals surface area contributed by atoms with E-state index in [0.717, 1.165) is 17.1 Å². The van der Waals surface area contributed by atoms with E-state index < -0.39 is 0 Å². The van der Waals surface area contributed by atoms with Gasteiger partial charge in [0.25, 0.3) is 5.91 Å². The number of halogens is 2. The van der Waals surface area contributed by atoms with E-state index in [9.17, 15) is 4.79 Å². The number of rotatable bonds is 5. The molecule has 29 heavy (non-hydrogen) atoms. The molecule has 1 amide bonds. The van der Waals surface area contributed by atoms with Gasteiger partial charge < -0.3 is 10.6 Å². The molecule has 0 aliphatic rings. The number of carbonyl (C=O) groups is 1. The number of anilines is 3. The monoisotopic (exact) mass is 423 g/mol. The van der Waals surface area contributed by atoms with Crippen LogP contribution < -0.4 is 10.6 Å². The molecule has 0 atom stereocenters. The maximum atomic E-state index is 12.5. The Balaban J connectivity index is 1.50. The number of amides is 1. The van der Waals surface area contributed by atoms with Crippen LogP contribution in [0.2, 0.25) is 10.0 Å². The first-order valence-electron chi connectivity index (χ1n) is 8.67. The fourth-order valence-electron chi connectivity index (χ4n) is 2.73. The van der Waals surface area contributed by atoms with Gasteiger partial charge in [-0.15, -0.1) is 0 Å². The molecule has 0 radical (unpaired) electrons. The molecule has 8 heteroatoms. The molecule has 0 aliphatic carbocycles. The first-order valence-corrected chi connectivity index (χ1v) is 9.43. The lowest BCUT2D eigenvalue weighted by Gasteiger charge is -2.12. The van der Waals surface area contributed by atoms with Gasteiger partial charge in [-0.05, 0) is 60.7 Å². The molecule has 0 saturated heterocycles. The summed E-state index contributed by atoms with van der Waals surface area (Å²) < 4.78 is 1.68. The van der Waals surface area contributed by atoms with Gasteiger partial charge in [0.15, 0.2) is 0 Å². The minimum atomic E-state index is -0.288. The van der Waals surface area contributed by atoms with Crippen LogP contribution in [0.1, 0.15) is 10.4 Å². The molecule has 144 valence electrons. The van der Waals surface area contributed by atoms with Crippen molar-refractivity contribution in [2.45, 2.75) is 0 Å². The SMILES string of the molecule is O=C(Nc1cc(Nc2ccc(-n3cncn3)cc2)ccc1Cl)c1cccc(Cl)c1. The molecule has 0 aliphatic heterocycles. The Hall–Kier alpha value is -3.35. The number of hydrogen-bond donors (Lipinski definition) is 2. The molecular formula is C21H15Cl2N5O. The van der Waals surface area contributed by atoms with Crippen molar-refractivity contribution in [1.82, 2.24) is 14.8 Å². The number of nitrogens with zero attached hydrogens (tertiary/aromatic N) is 3. The fraction of sp³-hybridized carbons (Fsp3) is 0. The molecule has 0 bridgehead atoms. The van der Waals surface area contributed by atoms with Crippen LogP contribution in [0.15, 0.2) is 79.4 Å². The third-order valence-electron chi connectivity index (χ3n) is 4.14. The van der Waals surface area contributed by atoms with E-state index in [1.807, 2.05) is 30.3 Å². The largest absolute Gasteiger partial charge is 0.355 e. The van der Waals surface area contributed by atoms with Crippen molar-refractivity contribution in [1.29, 1.82) is 0 Å². The van der Waals surface area contributed by atoms with E-state index in [1.54, 1.807) is 47.4 Å². The van der Waals surface area contributed by atoms with E-state index >= 15 is 0 Å². The lowest BCUT2D eigenvalue weighted by atomic mass is 10.2. The molecule has 3 aromatic carbocycles. The molecule has 0 fully saturated rings. The maximum Gasteiger partial charge on any atom is 0.255 e. The molecule has 0 unspecified atom stereocenters. The number of benzene rings is 3. The normalized spacial score (nSPS) is 10.6. The van der Waals surface area contributed by atoms with Crippen LogP contribution in [0.3, 0.4) is 0 Å². The van der Waals surface area contributed by atoms with Crippen LogP contribution in [0.4, 0.5) is 17.1 Å². The average molecular weight is 424 g/mol. The summed E-state index contributed by atoms with van der Waals surface area (Å²) in [6.45, 7) is 0. The highest BCUT2D eigenvalue weighted by atomic mass is 35.5. The number of nitrogens with one attached hydrogen (secondary N) is 2. The number of aromatic nitrogens is 3. The smallest absolute Gasteiger partial charge is 0.255 e. The van der Waals surface area contributed by atoms with Crippen LogP contribution in [-0.2, 0) is 0 Å². The van der Waals surface area contributed by atoms with Crippen molar-refractivity contribution >= 4 is 46.2 Å². The second kappa shape index (κ2) is 8.34. The average Bonchev–Trinajstić information content (AvgIpc) is 3.26. The summed E-state index contributed by atoms with van der Waals surface area (Å²) in [4.78, 5) is 16.4. The second-order valence-electron chi connectivity index (χ2n) is 6.17. The Morgan fingerprint density at radius 3 is 2.45 bits per heavy atom. The molecule has 1 aromatic heterocycles. The standard InChI is InChI=1S/C21H15Cl2N5O/c22-15-3-1-2-14(10-15)21(29)27-20-11-17(6-9-19(20)23)26-16-4-7-18(8-5-16)28-13-24-12-25-28/h1-13,26H,(H,27,29). The summed E-state index contributed by atoms with van der Waals surface area (Å²) in [6, 6.07) is 19.8. The van der Waals surface area contributed by atoms with Crippen molar-refractivity contribution in [3.8, 4) is 5.69 Å². The van der Waals surface area contributed by atoms with E-state index in [-0.39, 0.29) is 5.91 Å². The number of carbonyl (C=O) groups excluding carboxylic acids is 1. The summed E-state index contributed by atoms with van der Waals surface area (Å²) in [5.41, 5.74) is 3.52. The van der Waals surface area contributed by atoms with Gasteiger partial charge in [-0.3, -0.25) is 4.79 Å². The highest BCUT2D eigenvalue weighted by Crippen LogP contribution is 2.28. The summed E-state index contributed by atoms with van der Waals surface area (Å²) in [7, 11) is 0. The molecule has 4 aromatic rings. The molecule has 0 spiro atoms. The lowest BCUT2D eigenvalue weighted by Crippen LogP contribution is -2.12. The van der Waals surface area contributed by atoms with Crippen molar-refractivity contribution in [3.05, 3.63) is 95.0 Å². The molecule has 6 nitrogen and oxygen atoms in total. The number of hydrogen-bond acceptors (Lipinski definition) is 4. The fourth-order valence-corrected chi connectivity index (χ4v) is 3.08. The second-order valence-corrected chi connectivity index (χ2v) is 7.01. The Kier molecular flexibility index (Phi) is 5.46. The van der Waals surface area contributed by atoms with E-state index in [0.29, 0.717) is 21.3 Å². The van der Waals surface area contributed by atoms with E-state index in [4.69, 9.17) is 23.2 Å². The third kappa shape index (κ3) is 4.56. The first-order chi connectivity index (χ1) is 14.1. The van der Waals surface area contributed by atoms with E-state index in [2.05, 4.69) is 20.7 Å². The van der Waals surface area contributed by atoms with Gasteiger partial charge in [0.1, 0.15) is 12.7 Å². The predicted molar refractivity (Wildman–Crippen MR) is 115 cm³/mol. The van der Waals surface area contributed by atoms with Gasteiger partial charge in [-0.1, -0.05) is 29.3 Å². The van der Waals surface area contributed by atoms with E-state index in [1.165, 1.54) is 6.33 Å². The van der Waals surface area contributed by atoms with Gasteiger partial charge in [-0.25, -0.2) is 9.67 Å². The third-order valence-corrected chi connectivity index (χ3v) is 4.71. The van der Waals surface area contributed by atoms with Crippen molar-refractivity contribution in [2.75, 3.05) is 10.6 Å². The maximum absolute atomic E-state index is 12.5. The summed E-state index contributed by atoms with van der Waals surface area (Å²) in [6.07, 6.45) is 3.12. The molecule has 2 N–H and O–H groups in total. The molecule has 1 heterocycles. The van der Waals surface area contributed by atoms with Crippen LogP contribution in [-0.4, -0.2) is 20.7 Å². The Labute approximate surface area is 177 Å². The highest BCUT2D eigenvalue weighted by Gasteiger charge is 2.10. The highest BCUT2D eigenvalue weighted by molar-refractivity contribution is 6.34. The Morgan fingerprint density at radius 2 is 1.72 bits per heavy atom. The van der Waals surface area contributed by atoms with Crippen LogP contribution in [0, 0.1) is 0 Å². The van der Waals surface area contributed by atoms with Crippen molar-refractivity contribution in [3.63, 3.8) is 0 Å². The lowest BCUT2D eigenvalue weighted by molar-refractivity contribution is 0.102. The zero-order valence-electron chi connectivity index (χ0n) is 15.0. The first kappa shape index (κ1) is 19.0. The summed E-state index contributed by atoms with van der Waals surface area (Å²) in [5.74, 6) is -0.288. The van der Waals surface area contributed by atoms with Gasteiger partial charge in [0.05, 0.1) is 16.4 Å². The minimum absolute atomic E-state index is 0.288. The zero-order valence-corrected chi connectivity index (χ0v) is 16.5. The zero-order chi connectivity index (χ0) is 20.2. The predicted octanol–water partition coefficient (Wildman–Crippen LogP) is 5.57. The molecule has 0 saturated carbocycles. The van der Waals surface area contributed by atoms with Gasteiger partial charge in [0.2, 0.25) is 0 Å². The van der Waals surface area contributed by atoms with Crippen LogP contribution in [0.25, 0.3) is 5.69 Å². The van der Waals surface area contributed by atoms with Crippen LogP contribution in [0.5, 0.6) is 0 Å². The Bertz CT molecular complexity index is 1140. The molecule has 4 rings (SSSR count). The van der Waals surface area contributed by atoms with Crippen molar-refractivity contribution < 1.29 is 4.79 Å². The Morgan fingerprint density at radius 1 is 0.931 bits per heavy atom. The topological polar surface area (TPSA) is 71.8 Å². The van der Waals surface area contributed by atoms with Crippen molar-refractivity contribution in [2.24, 2.45) is 0 Å². The summed E-state index contributed by atoms with van der Waals surface area (Å²) >= 11 is 12.2. The van der Waals surface area contributed by atoms with Crippen LogP contribution >= 0.6 is 23.2 Å². The summed E-state index contributed by atoms with van der Waals surface area (Å²) in [5, 5.41) is 11.1. The van der Waals surface area contributed by atoms with Gasteiger partial charge in [0, 0.05) is 22.0 Å². The molecular weight excluding hydrogens is 409 g/mol. The quantitative estimate of drug-likeness (QED) is 0.440.